The maximum atomic E-state index is 12.5. The molecule has 8 aromatic rings. The maximum Gasteiger partial charge on any atom is 0.251 e. The Morgan fingerprint density at radius 3 is 1.15 bits per heavy atom. The van der Waals surface area contributed by atoms with E-state index < -0.39 is 0 Å². The van der Waals surface area contributed by atoms with Crippen molar-refractivity contribution in [3.05, 3.63) is 179 Å². The third-order valence-electron chi connectivity index (χ3n) is 10.2. The first-order valence-corrected chi connectivity index (χ1v) is 19.9. The monoisotopic (exact) mass is 826 g/mol. The van der Waals surface area contributed by atoms with E-state index in [1.54, 1.807) is 28.1 Å². The molecule has 8 rings (SSSR count). The third-order valence-corrected chi connectivity index (χ3v) is 10.2. The fourth-order valence-corrected chi connectivity index (χ4v) is 6.62. The number of carbonyl (C=O) groups is 2. The lowest BCUT2D eigenvalue weighted by atomic mass is 9.97. The van der Waals surface area contributed by atoms with Crippen LogP contribution in [0.5, 0.6) is 11.5 Å². The first-order chi connectivity index (χ1) is 30.1. The van der Waals surface area contributed by atoms with Crippen molar-refractivity contribution in [3.8, 4) is 56.7 Å². The molecule has 2 amide bonds. The average Bonchev–Trinajstić information content (AvgIpc) is 3.96. The smallest absolute Gasteiger partial charge is 0.251 e. The Kier molecular flexibility index (Phi) is 13.3. The van der Waals surface area contributed by atoms with Gasteiger partial charge >= 0.3 is 0 Å². The summed E-state index contributed by atoms with van der Waals surface area (Å²) in [5.41, 5.74) is 11.3. The maximum absolute atomic E-state index is 12.5. The van der Waals surface area contributed by atoms with Crippen molar-refractivity contribution in [2.75, 3.05) is 14.2 Å². The van der Waals surface area contributed by atoms with Gasteiger partial charge in [-0.25, -0.2) is 0 Å². The van der Waals surface area contributed by atoms with Crippen molar-refractivity contribution in [2.45, 2.75) is 40.8 Å². The van der Waals surface area contributed by atoms with E-state index in [1.807, 2.05) is 147 Å². The molecule has 2 heterocycles. The van der Waals surface area contributed by atoms with Crippen molar-refractivity contribution >= 4 is 11.8 Å². The van der Waals surface area contributed by atoms with E-state index in [-0.39, 0.29) is 11.8 Å². The molecule has 0 bridgehead atoms. The number of hydrogen-bond donors (Lipinski definition) is 2. The van der Waals surface area contributed by atoms with Crippen molar-refractivity contribution in [1.29, 1.82) is 0 Å². The molecule has 0 unspecified atom stereocenters. The molecule has 12 nitrogen and oxygen atoms in total. The normalized spacial score (nSPS) is 10.7. The van der Waals surface area contributed by atoms with Gasteiger partial charge in [-0.05, 0) is 131 Å². The lowest BCUT2D eigenvalue weighted by Crippen LogP contribution is -2.22. The van der Waals surface area contributed by atoms with Gasteiger partial charge in [0.1, 0.15) is 11.5 Å². The van der Waals surface area contributed by atoms with Gasteiger partial charge in [-0.3, -0.25) is 9.59 Å². The number of rotatable bonds is 12. The standard InChI is InChI=1S/2C25H23N3O3/c2*1-16-4-7-21(25-28-27-17(2)31-25)14-23(16)19-8-10-20(11-9-19)24(29)26-15-18-5-12-22(30-3)13-6-18/h2*4-14H,15H2,1-3H3,(H,26,29). The van der Waals surface area contributed by atoms with E-state index in [0.717, 1.165) is 67.1 Å². The van der Waals surface area contributed by atoms with Crippen LogP contribution in [0.4, 0.5) is 0 Å². The molecule has 2 aromatic heterocycles. The van der Waals surface area contributed by atoms with Crippen LogP contribution in [0.3, 0.4) is 0 Å². The van der Waals surface area contributed by atoms with Gasteiger partial charge in [-0.15, -0.1) is 20.4 Å². The Labute approximate surface area is 360 Å². The number of aryl methyl sites for hydroxylation is 4. The minimum absolute atomic E-state index is 0.117. The molecule has 0 aliphatic carbocycles. The molecule has 0 saturated heterocycles. The number of amides is 2. The predicted octanol–water partition coefficient (Wildman–Crippen LogP) is 9.92. The largest absolute Gasteiger partial charge is 0.497 e. The number of benzene rings is 6. The second kappa shape index (κ2) is 19.5. The van der Waals surface area contributed by atoms with Crippen molar-refractivity contribution < 1.29 is 27.9 Å². The van der Waals surface area contributed by atoms with Gasteiger partial charge in [0.25, 0.3) is 11.8 Å². The van der Waals surface area contributed by atoms with Crippen LogP contribution >= 0.6 is 0 Å². The summed E-state index contributed by atoms with van der Waals surface area (Å²) in [5, 5.41) is 21.9. The molecule has 312 valence electrons. The van der Waals surface area contributed by atoms with Crippen LogP contribution in [-0.2, 0) is 13.1 Å². The zero-order valence-electron chi connectivity index (χ0n) is 35.4. The summed E-state index contributed by atoms with van der Waals surface area (Å²) in [6.07, 6.45) is 0. The molecule has 62 heavy (non-hydrogen) atoms. The zero-order valence-corrected chi connectivity index (χ0v) is 35.4. The van der Waals surface area contributed by atoms with Crippen molar-refractivity contribution in [1.82, 2.24) is 31.0 Å². The first-order valence-electron chi connectivity index (χ1n) is 19.9. The number of hydrogen-bond acceptors (Lipinski definition) is 10. The molecular weight excluding hydrogens is 781 g/mol. The molecular formula is C50H46N6O6. The summed E-state index contributed by atoms with van der Waals surface area (Å²) in [6.45, 7) is 8.54. The number of nitrogens with one attached hydrogen (secondary N) is 2. The summed E-state index contributed by atoms with van der Waals surface area (Å²) in [5.74, 6) is 3.40. The van der Waals surface area contributed by atoms with Gasteiger partial charge in [-0.2, -0.15) is 0 Å². The van der Waals surface area contributed by atoms with Gasteiger partial charge in [0.05, 0.1) is 14.2 Å². The second-order valence-corrected chi connectivity index (χ2v) is 14.5. The van der Waals surface area contributed by atoms with Crippen LogP contribution in [0.1, 0.15) is 54.8 Å². The van der Waals surface area contributed by atoms with Gasteiger partial charge in [-0.1, -0.05) is 60.7 Å². The van der Waals surface area contributed by atoms with Gasteiger partial charge in [0, 0.05) is 49.2 Å². The lowest BCUT2D eigenvalue weighted by molar-refractivity contribution is 0.0943. The van der Waals surface area contributed by atoms with Crippen LogP contribution in [-0.4, -0.2) is 46.4 Å². The highest BCUT2D eigenvalue weighted by Gasteiger charge is 2.13. The summed E-state index contributed by atoms with van der Waals surface area (Å²) in [6, 6.07) is 42.4. The highest BCUT2D eigenvalue weighted by Crippen LogP contribution is 2.31. The summed E-state index contributed by atoms with van der Waals surface area (Å²) < 4.78 is 21.4. The number of ether oxygens (including phenoxy) is 2. The lowest BCUT2D eigenvalue weighted by Gasteiger charge is -2.10. The van der Waals surface area contributed by atoms with Crippen LogP contribution in [0.25, 0.3) is 45.2 Å². The quantitative estimate of drug-likeness (QED) is 0.122. The van der Waals surface area contributed by atoms with Crippen LogP contribution in [0.15, 0.2) is 142 Å². The predicted molar refractivity (Wildman–Crippen MR) is 238 cm³/mol. The van der Waals surface area contributed by atoms with Gasteiger partial charge in [0.15, 0.2) is 0 Å². The van der Waals surface area contributed by atoms with E-state index in [0.29, 0.717) is 47.8 Å². The highest BCUT2D eigenvalue weighted by atomic mass is 16.5. The zero-order chi connectivity index (χ0) is 43.6. The SMILES string of the molecule is COc1ccc(CNC(=O)c2ccc(-c3cc(-c4nnc(C)o4)ccc3C)cc2)cc1.COc1ccc(CNC(=O)c2ccc(-c3cc(-c4nnc(C)o4)ccc3C)cc2)cc1. The molecule has 0 atom stereocenters. The van der Waals surface area contributed by atoms with Gasteiger partial charge < -0.3 is 28.9 Å². The van der Waals surface area contributed by atoms with Crippen LogP contribution in [0.2, 0.25) is 0 Å². The van der Waals surface area contributed by atoms with Gasteiger partial charge in [0.2, 0.25) is 23.6 Å². The Morgan fingerprint density at radius 1 is 0.468 bits per heavy atom. The van der Waals surface area contributed by atoms with Crippen molar-refractivity contribution in [2.24, 2.45) is 0 Å². The molecule has 0 aliphatic heterocycles. The van der Waals surface area contributed by atoms with Crippen LogP contribution in [0, 0.1) is 27.7 Å². The molecule has 0 fully saturated rings. The van der Waals surface area contributed by atoms with E-state index in [4.69, 9.17) is 18.3 Å². The topological polar surface area (TPSA) is 154 Å². The second-order valence-electron chi connectivity index (χ2n) is 14.5. The molecule has 6 aromatic carbocycles. The summed E-state index contributed by atoms with van der Waals surface area (Å²) in [7, 11) is 3.26. The fourth-order valence-electron chi connectivity index (χ4n) is 6.62. The Hall–Kier alpha value is -7.86. The summed E-state index contributed by atoms with van der Waals surface area (Å²) >= 11 is 0. The van der Waals surface area contributed by atoms with Crippen LogP contribution < -0.4 is 20.1 Å². The Bertz CT molecular complexity index is 2580. The molecule has 0 saturated carbocycles. The van der Waals surface area contributed by atoms with E-state index in [2.05, 4.69) is 31.0 Å². The minimum atomic E-state index is -0.117. The first kappa shape index (κ1) is 42.3. The minimum Gasteiger partial charge on any atom is -0.497 e. The third kappa shape index (κ3) is 10.5. The molecule has 0 aliphatic rings. The van der Waals surface area contributed by atoms with E-state index in [9.17, 15) is 9.59 Å². The Balaban J connectivity index is 0.000000186. The fraction of sp³-hybridized carbons (Fsp3) is 0.160. The summed E-state index contributed by atoms with van der Waals surface area (Å²) in [4.78, 5) is 25.1. The highest BCUT2D eigenvalue weighted by molar-refractivity contribution is 5.95. The molecule has 12 heteroatoms. The molecule has 0 radical (unpaired) electrons. The average molecular weight is 827 g/mol. The van der Waals surface area contributed by atoms with E-state index >= 15 is 0 Å². The number of nitrogens with zero attached hydrogens (tertiary/aromatic N) is 4. The van der Waals surface area contributed by atoms with E-state index in [1.165, 1.54) is 0 Å². The number of carbonyl (C=O) groups excluding carboxylic acids is 2. The molecule has 2 N–H and O–H groups in total. The molecule has 0 spiro atoms. The Morgan fingerprint density at radius 2 is 0.823 bits per heavy atom. The van der Waals surface area contributed by atoms with Crippen molar-refractivity contribution in [3.63, 3.8) is 0 Å². The number of methoxy groups -OCH3 is 2. The number of aromatic nitrogens is 4.